The minimum atomic E-state index is 0.625. The lowest BCUT2D eigenvalue weighted by Crippen LogP contribution is -2.37. The molecular weight excluding hydrogens is 436 g/mol. The number of thiophene rings is 1. The van der Waals surface area contributed by atoms with E-state index in [9.17, 15) is 5.26 Å². The van der Waals surface area contributed by atoms with Crippen LogP contribution in [0.3, 0.4) is 0 Å². The SMILES string of the molecule is CC[n+]1c(/C=C2/Sc3c(sc(C)c3C)N2CCSOO[O-])ccc2cc(C)ccc21. The van der Waals surface area contributed by atoms with Gasteiger partial charge in [0.2, 0.25) is 11.2 Å². The summed E-state index contributed by atoms with van der Waals surface area (Å²) in [5, 5.41) is 17.3. The van der Waals surface area contributed by atoms with Crippen molar-refractivity contribution >= 4 is 57.1 Å². The van der Waals surface area contributed by atoms with E-state index in [4.69, 9.17) is 0 Å². The van der Waals surface area contributed by atoms with E-state index < -0.39 is 0 Å². The van der Waals surface area contributed by atoms with E-state index in [1.807, 2.05) is 23.1 Å². The molecule has 0 bridgehead atoms. The van der Waals surface area contributed by atoms with Crippen LogP contribution in [0.15, 0.2) is 40.3 Å². The Morgan fingerprint density at radius 1 is 1.20 bits per heavy atom. The Hall–Kier alpha value is -1.55. The molecule has 0 N–H and O–H groups in total. The topological polar surface area (TPSA) is 48.6 Å². The van der Waals surface area contributed by atoms with Crippen LogP contribution < -0.4 is 14.7 Å². The quantitative estimate of drug-likeness (QED) is 0.164. The Morgan fingerprint density at radius 3 is 2.80 bits per heavy atom. The summed E-state index contributed by atoms with van der Waals surface area (Å²) in [4.78, 5) is 4.99. The van der Waals surface area contributed by atoms with E-state index in [-0.39, 0.29) is 0 Å². The lowest BCUT2D eigenvalue weighted by molar-refractivity contribution is -0.777. The van der Waals surface area contributed by atoms with Crippen molar-refractivity contribution in [1.29, 1.82) is 0 Å². The van der Waals surface area contributed by atoms with Gasteiger partial charge in [0, 0.05) is 52.8 Å². The van der Waals surface area contributed by atoms with E-state index >= 15 is 0 Å². The van der Waals surface area contributed by atoms with Crippen molar-refractivity contribution in [2.24, 2.45) is 0 Å². The maximum Gasteiger partial charge on any atom is 0.212 e. The Balaban J connectivity index is 1.73. The molecule has 158 valence electrons. The Labute approximate surface area is 189 Å². The van der Waals surface area contributed by atoms with Crippen LogP contribution >= 0.6 is 35.1 Å². The van der Waals surface area contributed by atoms with Gasteiger partial charge < -0.3 is 10.2 Å². The molecule has 0 aliphatic carbocycles. The molecule has 1 aliphatic heterocycles. The fraction of sp³-hybridized carbons (Fsp3) is 0.318. The van der Waals surface area contributed by atoms with Crippen molar-refractivity contribution in [3.05, 3.63) is 57.1 Å². The predicted octanol–water partition coefficient (Wildman–Crippen LogP) is 4.92. The third-order valence-electron chi connectivity index (χ3n) is 5.31. The molecule has 2 aromatic heterocycles. The van der Waals surface area contributed by atoms with E-state index in [0.717, 1.165) is 25.1 Å². The van der Waals surface area contributed by atoms with Crippen molar-refractivity contribution in [3.8, 4) is 0 Å². The van der Waals surface area contributed by atoms with Gasteiger partial charge in [-0.25, -0.2) is 0 Å². The maximum absolute atomic E-state index is 10.1. The molecule has 1 aliphatic rings. The third kappa shape index (κ3) is 4.12. The summed E-state index contributed by atoms with van der Waals surface area (Å²) in [6.45, 7) is 10.3. The van der Waals surface area contributed by atoms with Gasteiger partial charge in [-0.15, -0.1) is 11.3 Å². The predicted molar refractivity (Wildman–Crippen MR) is 124 cm³/mol. The van der Waals surface area contributed by atoms with Gasteiger partial charge in [0.15, 0.2) is 0 Å². The molecule has 4 rings (SSSR count). The lowest BCUT2D eigenvalue weighted by Gasteiger charge is -2.19. The molecule has 0 radical (unpaired) electrons. The normalized spacial score (nSPS) is 14.8. The first kappa shape index (κ1) is 21.7. The van der Waals surface area contributed by atoms with Gasteiger partial charge in [-0.3, -0.25) is 5.04 Å². The van der Waals surface area contributed by atoms with E-state index in [2.05, 4.69) is 82.9 Å². The molecular formula is C22H24N2O3S3. The number of aromatic nitrogens is 1. The number of nitrogens with zero attached hydrogens (tertiary/aromatic N) is 2. The number of benzene rings is 1. The summed E-state index contributed by atoms with van der Waals surface area (Å²) in [6, 6.07) is 11.0. The molecule has 0 fully saturated rings. The molecule has 3 heterocycles. The first-order chi connectivity index (χ1) is 14.5. The number of pyridine rings is 1. The van der Waals surface area contributed by atoms with Crippen LogP contribution in [0, 0.1) is 20.8 Å². The highest BCUT2D eigenvalue weighted by atomic mass is 32.2. The minimum absolute atomic E-state index is 0.625. The highest BCUT2D eigenvalue weighted by Gasteiger charge is 2.30. The maximum atomic E-state index is 10.1. The standard InChI is InChI=1S/C22H24N2O3S3/c1-5-23-18(8-7-17-12-14(2)6-9-19(17)23)13-20-24(10-11-28-27-26-25)22-21(30-20)15(3)16(4)29-22/h6-9,12-13H,5,10-11H2,1-4H3. The molecule has 5 nitrogen and oxygen atoms in total. The molecule has 0 saturated carbocycles. The van der Waals surface area contributed by atoms with Crippen LogP contribution in [-0.4, -0.2) is 12.3 Å². The summed E-state index contributed by atoms with van der Waals surface area (Å²) < 4.78 is 6.82. The fourth-order valence-corrected chi connectivity index (χ4v) is 6.72. The number of anilines is 1. The molecule has 0 unspecified atom stereocenters. The van der Waals surface area contributed by atoms with Crippen LogP contribution in [0.1, 0.15) is 28.6 Å². The van der Waals surface area contributed by atoms with Crippen molar-refractivity contribution in [2.45, 2.75) is 39.1 Å². The van der Waals surface area contributed by atoms with Gasteiger partial charge in [-0.1, -0.05) is 23.4 Å². The molecule has 30 heavy (non-hydrogen) atoms. The molecule has 0 spiro atoms. The molecule has 8 heteroatoms. The highest BCUT2D eigenvalue weighted by molar-refractivity contribution is 8.04. The summed E-state index contributed by atoms with van der Waals surface area (Å²) in [5.41, 5.74) is 5.03. The van der Waals surface area contributed by atoms with Crippen molar-refractivity contribution in [1.82, 2.24) is 0 Å². The number of hydrogen-bond donors (Lipinski definition) is 0. The third-order valence-corrected chi connectivity index (χ3v) is 8.42. The zero-order valence-corrected chi connectivity index (χ0v) is 19.9. The highest BCUT2D eigenvalue weighted by Crippen LogP contribution is 2.53. The molecule has 3 aromatic rings. The molecule has 0 atom stereocenters. The largest absolute Gasteiger partial charge is 0.691 e. The molecule has 0 saturated heterocycles. The zero-order chi connectivity index (χ0) is 21.3. The zero-order valence-electron chi connectivity index (χ0n) is 17.4. The van der Waals surface area contributed by atoms with Gasteiger partial charge in [-0.05, 0) is 45.4 Å². The van der Waals surface area contributed by atoms with Gasteiger partial charge in [0.05, 0.1) is 9.92 Å². The minimum Gasteiger partial charge on any atom is -0.691 e. The summed E-state index contributed by atoms with van der Waals surface area (Å²) >= 11 is 4.67. The first-order valence-electron chi connectivity index (χ1n) is 9.82. The van der Waals surface area contributed by atoms with Crippen molar-refractivity contribution in [2.75, 3.05) is 17.2 Å². The monoisotopic (exact) mass is 460 g/mol. The van der Waals surface area contributed by atoms with Crippen molar-refractivity contribution in [3.63, 3.8) is 0 Å². The fourth-order valence-electron chi connectivity index (χ4n) is 3.71. The molecule has 1 aromatic carbocycles. The average Bonchev–Trinajstić information content (AvgIpc) is 3.20. The Morgan fingerprint density at radius 2 is 2.03 bits per heavy atom. The first-order valence-corrected chi connectivity index (χ1v) is 12.4. The van der Waals surface area contributed by atoms with E-state index in [1.54, 1.807) is 0 Å². The summed E-state index contributed by atoms with van der Waals surface area (Å²) in [5.74, 6) is 0.625. The second-order valence-corrected chi connectivity index (χ2v) is 10.2. The number of thioether (sulfide) groups is 1. The number of aryl methyl sites for hydroxylation is 3. The summed E-state index contributed by atoms with van der Waals surface area (Å²) in [6.07, 6.45) is 2.27. The second kappa shape index (κ2) is 9.30. The van der Waals surface area contributed by atoms with Crippen molar-refractivity contribution < 1.29 is 19.2 Å². The number of rotatable bonds is 7. The van der Waals surface area contributed by atoms with Crippen LogP contribution in [0.5, 0.6) is 0 Å². The Bertz CT molecular complexity index is 1110. The van der Waals surface area contributed by atoms with Gasteiger partial charge in [0.1, 0.15) is 11.5 Å². The van der Waals surface area contributed by atoms with Gasteiger partial charge in [0.25, 0.3) is 0 Å². The average molecular weight is 461 g/mol. The van der Waals surface area contributed by atoms with Gasteiger partial charge in [-0.2, -0.15) is 8.90 Å². The summed E-state index contributed by atoms with van der Waals surface area (Å²) in [7, 11) is 0. The lowest BCUT2D eigenvalue weighted by atomic mass is 10.1. The van der Waals surface area contributed by atoms with Crippen LogP contribution in [0.4, 0.5) is 5.00 Å². The molecule has 0 amide bonds. The van der Waals surface area contributed by atoms with E-state index in [0.29, 0.717) is 5.75 Å². The van der Waals surface area contributed by atoms with Crippen LogP contribution in [0.25, 0.3) is 17.0 Å². The van der Waals surface area contributed by atoms with Gasteiger partial charge >= 0.3 is 0 Å². The van der Waals surface area contributed by atoms with E-state index in [1.165, 1.54) is 47.5 Å². The number of hydrogen-bond acceptors (Lipinski definition) is 7. The smallest absolute Gasteiger partial charge is 0.212 e. The van der Waals surface area contributed by atoms with Crippen LogP contribution in [0.2, 0.25) is 0 Å². The Kier molecular flexibility index (Phi) is 6.72. The second-order valence-electron chi connectivity index (χ2n) is 7.18. The number of fused-ring (bicyclic) bond motifs is 2. The van der Waals surface area contributed by atoms with Crippen LogP contribution in [-0.2, 0) is 15.9 Å².